The van der Waals surface area contributed by atoms with Crippen molar-refractivity contribution in [1.82, 2.24) is 15.0 Å². The van der Waals surface area contributed by atoms with Crippen molar-refractivity contribution >= 4 is 26.8 Å². The third-order valence-electron chi connectivity index (χ3n) is 5.28. The van der Waals surface area contributed by atoms with Gasteiger partial charge in [0.15, 0.2) is 0 Å². The molecule has 29 heavy (non-hydrogen) atoms. The van der Waals surface area contributed by atoms with Crippen molar-refractivity contribution < 1.29 is 13.2 Å². The lowest BCUT2D eigenvalue weighted by Gasteiger charge is -2.26. The maximum absolute atomic E-state index is 13.0. The van der Waals surface area contributed by atoms with Gasteiger partial charge in [0.1, 0.15) is 6.04 Å². The summed E-state index contributed by atoms with van der Waals surface area (Å²) in [5.74, 6) is -0.110. The van der Waals surface area contributed by atoms with Crippen LogP contribution in [-0.4, -0.2) is 31.4 Å². The zero-order chi connectivity index (χ0) is 21.0. The maximum Gasteiger partial charge on any atom is 0.248 e. The van der Waals surface area contributed by atoms with E-state index < -0.39 is 16.1 Å². The highest BCUT2D eigenvalue weighted by Gasteiger charge is 2.28. The number of nitrogens with one attached hydrogen (secondary N) is 3. The number of carbonyl (C=O) groups is 1. The minimum absolute atomic E-state index is 0.0660. The Morgan fingerprint density at radius 3 is 2.55 bits per heavy atom. The number of H-pyrrole nitrogens is 1. The summed E-state index contributed by atoms with van der Waals surface area (Å²) in [6.45, 7) is 3.92. The Hall–Kier alpha value is -2.19. The van der Waals surface area contributed by atoms with Gasteiger partial charge in [0.25, 0.3) is 0 Å². The number of aromatic amines is 1. The van der Waals surface area contributed by atoms with Gasteiger partial charge in [-0.05, 0) is 54.8 Å². The number of rotatable bonds is 7. The highest BCUT2D eigenvalue weighted by Crippen LogP contribution is 2.20. The smallest absolute Gasteiger partial charge is 0.248 e. The molecule has 8 heteroatoms. The molecule has 0 aliphatic heterocycles. The lowest BCUT2D eigenvalue weighted by Crippen LogP contribution is -2.50. The molecule has 7 nitrogen and oxygen atoms in total. The van der Waals surface area contributed by atoms with Crippen molar-refractivity contribution in [2.24, 2.45) is 5.92 Å². The molecule has 0 bridgehead atoms. The summed E-state index contributed by atoms with van der Waals surface area (Å²) < 4.78 is 28.5. The Labute approximate surface area is 171 Å². The van der Waals surface area contributed by atoms with E-state index in [1.54, 1.807) is 12.1 Å². The van der Waals surface area contributed by atoms with Crippen LogP contribution >= 0.6 is 0 Å². The van der Waals surface area contributed by atoms with Crippen LogP contribution in [0.4, 0.5) is 0 Å². The van der Waals surface area contributed by atoms with Gasteiger partial charge in [0.2, 0.25) is 21.5 Å². The van der Waals surface area contributed by atoms with Crippen LogP contribution in [0, 0.1) is 5.92 Å². The maximum atomic E-state index is 13.0. The summed E-state index contributed by atoms with van der Waals surface area (Å²) in [5.41, 5.74) is 0.313. The molecule has 158 valence electrons. The van der Waals surface area contributed by atoms with Gasteiger partial charge in [-0.15, -0.1) is 0 Å². The Balaban J connectivity index is 1.80. The van der Waals surface area contributed by atoms with Gasteiger partial charge in [0.05, 0.1) is 4.90 Å². The largest absolute Gasteiger partial charge is 0.352 e. The average Bonchev–Trinajstić information content (AvgIpc) is 2.67. The van der Waals surface area contributed by atoms with Gasteiger partial charge >= 0.3 is 0 Å². The molecule has 1 fully saturated rings. The van der Waals surface area contributed by atoms with Crippen molar-refractivity contribution in [3.8, 4) is 0 Å². The predicted octanol–water partition coefficient (Wildman–Crippen LogP) is 2.67. The second kappa shape index (κ2) is 9.09. The minimum atomic E-state index is -3.90. The number of fused-ring (bicyclic) bond motifs is 1. The lowest BCUT2D eigenvalue weighted by atomic mass is 9.95. The van der Waals surface area contributed by atoms with Crippen LogP contribution in [0.3, 0.4) is 0 Å². The summed E-state index contributed by atoms with van der Waals surface area (Å²) in [5, 5.41) is 3.64. The second-order valence-corrected chi connectivity index (χ2v) is 9.93. The normalized spacial score (nSPS) is 16.8. The first-order chi connectivity index (χ1) is 13.7. The lowest BCUT2D eigenvalue weighted by molar-refractivity contribution is -0.124. The Morgan fingerprint density at radius 1 is 1.14 bits per heavy atom. The van der Waals surface area contributed by atoms with E-state index in [-0.39, 0.29) is 28.3 Å². The first-order valence-electron chi connectivity index (χ1n) is 10.2. The average molecular weight is 420 g/mol. The fourth-order valence-electron chi connectivity index (χ4n) is 3.78. The van der Waals surface area contributed by atoms with E-state index in [1.807, 2.05) is 13.8 Å². The van der Waals surface area contributed by atoms with E-state index in [2.05, 4.69) is 15.0 Å². The van der Waals surface area contributed by atoms with Gasteiger partial charge in [-0.1, -0.05) is 33.1 Å². The van der Waals surface area contributed by atoms with Crippen LogP contribution in [0.25, 0.3) is 10.9 Å². The predicted molar refractivity (Wildman–Crippen MR) is 113 cm³/mol. The molecule has 2 aromatic rings. The Kier molecular flexibility index (Phi) is 6.74. The molecule has 1 aliphatic rings. The number of amides is 1. The first kappa shape index (κ1) is 21.5. The number of aromatic nitrogens is 1. The number of benzene rings is 1. The molecule has 0 radical (unpaired) electrons. The zero-order valence-electron chi connectivity index (χ0n) is 16.9. The quantitative estimate of drug-likeness (QED) is 0.641. The second-order valence-electron chi connectivity index (χ2n) is 8.22. The highest BCUT2D eigenvalue weighted by molar-refractivity contribution is 7.89. The Bertz CT molecular complexity index is 1020. The van der Waals surface area contributed by atoms with Crippen LogP contribution in [0.2, 0.25) is 0 Å². The molecule has 1 saturated carbocycles. The molecule has 3 rings (SSSR count). The van der Waals surface area contributed by atoms with Crippen LogP contribution in [0.1, 0.15) is 52.4 Å². The summed E-state index contributed by atoms with van der Waals surface area (Å²) in [4.78, 5) is 27.0. The van der Waals surface area contributed by atoms with Gasteiger partial charge in [0, 0.05) is 17.6 Å². The first-order valence-corrected chi connectivity index (χ1v) is 11.7. The fraction of sp³-hybridized carbons (Fsp3) is 0.524. The molecule has 1 aromatic heterocycles. The molecule has 1 aromatic carbocycles. The van der Waals surface area contributed by atoms with E-state index in [9.17, 15) is 18.0 Å². The van der Waals surface area contributed by atoms with Gasteiger partial charge in [-0.25, -0.2) is 8.42 Å². The highest BCUT2D eigenvalue weighted by atomic mass is 32.2. The van der Waals surface area contributed by atoms with Crippen molar-refractivity contribution in [2.45, 2.75) is 69.4 Å². The third-order valence-corrected chi connectivity index (χ3v) is 6.75. The monoisotopic (exact) mass is 419 g/mol. The molecular weight excluding hydrogens is 390 g/mol. The van der Waals surface area contributed by atoms with Crippen molar-refractivity contribution in [1.29, 1.82) is 0 Å². The van der Waals surface area contributed by atoms with Crippen LogP contribution < -0.4 is 15.6 Å². The third kappa shape index (κ3) is 5.67. The summed E-state index contributed by atoms with van der Waals surface area (Å²) in [6.07, 6.45) is 5.65. The van der Waals surface area contributed by atoms with Gasteiger partial charge in [-0.2, -0.15) is 4.72 Å². The van der Waals surface area contributed by atoms with Crippen molar-refractivity contribution in [3.63, 3.8) is 0 Å². The topological polar surface area (TPSA) is 108 Å². The minimum Gasteiger partial charge on any atom is -0.352 e. The van der Waals surface area contributed by atoms with Crippen molar-refractivity contribution in [3.05, 3.63) is 40.7 Å². The molecule has 0 unspecified atom stereocenters. The molecular formula is C21H29N3O4S. The number of sulfonamides is 1. The SMILES string of the molecule is CC(C)C[C@@H](NS(=O)(=O)c1ccc2[nH]c(=O)ccc2c1)C(=O)NC1CCCCC1. The van der Waals surface area contributed by atoms with Crippen LogP contribution in [0.5, 0.6) is 0 Å². The van der Waals surface area contributed by atoms with E-state index in [0.29, 0.717) is 17.3 Å². The molecule has 1 heterocycles. The molecule has 3 N–H and O–H groups in total. The Morgan fingerprint density at radius 2 is 1.86 bits per heavy atom. The number of carbonyl (C=O) groups excluding carboxylic acids is 1. The van der Waals surface area contributed by atoms with Crippen molar-refractivity contribution in [2.75, 3.05) is 0 Å². The van der Waals surface area contributed by atoms with Crippen LogP contribution in [0.15, 0.2) is 40.0 Å². The van der Waals surface area contributed by atoms with E-state index >= 15 is 0 Å². The van der Waals surface area contributed by atoms with Crippen LogP contribution in [-0.2, 0) is 14.8 Å². The molecule has 0 saturated heterocycles. The van der Waals surface area contributed by atoms with Gasteiger partial charge < -0.3 is 10.3 Å². The molecule has 1 amide bonds. The fourth-order valence-corrected chi connectivity index (χ4v) is 5.03. The van der Waals surface area contributed by atoms with E-state index in [4.69, 9.17) is 0 Å². The standard InChI is InChI=1S/C21H29N3O4S/c1-14(2)12-19(21(26)22-16-6-4-3-5-7-16)24-29(27,28)17-9-10-18-15(13-17)8-11-20(25)23-18/h8-11,13-14,16,19,24H,3-7,12H2,1-2H3,(H,22,26)(H,23,25)/t19-/m1/s1. The van der Waals surface area contributed by atoms with E-state index in [0.717, 1.165) is 25.7 Å². The van der Waals surface area contributed by atoms with E-state index in [1.165, 1.54) is 24.6 Å². The number of pyridine rings is 1. The summed E-state index contributed by atoms with van der Waals surface area (Å²) in [7, 11) is -3.90. The molecule has 0 spiro atoms. The summed E-state index contributed by atoms with van der Waals surface area (Å²) >= 11 is 0. The summed E-state index contributed by atoms with van der Waals surface area (Å²) in [6, 6.07) is 6.72. The molecule has 1 atom stereocenters. The number of hydrogen-bond donors (Lipinski definition) is 3. The zero-order valence-corrected chi connectivity index (χ0v) is 17.7. The number of hydrogen-bond acceptors (Lipinski definition) is 4. The van der Waals surface area contributed by atoms with Gasteiger partial charge in [-0.3, -0.25) is 9.59 Å². The molecule has 1 aliphatic carbocycles.